The summed E-state index contributed by atoms with van der Waals surface area (Å²) in [5.41, 5.74) is 1.22. The first-order chi connectivity index (χ1) is 9.31. The normalized spacial score (nSPS) is 12.7. The number of carboxylic acid groups (broad SMARTS) is 1. The highest BCUT2D eigenvalue weighted by molar-refractivity contribution is 5.88. The Kier molecular flexibility index (Phi) is 5.89. The highest BCUT2D eigenvalue weighted by atomic mass is 16.4. The highest BCUT2D eigenvalue weighted by Gasteiger charge is 2.22. The molecule has 20 heavy (non-hydrogen) atoms. The predicted octanol–water partition coefficient (Wildman–Crippen LogP) is 2.52. The van der Waals surface area contributed by atoms with Crippen LogP contribution in [-0.4, -0.2) is 28.9 Å². The molecule has 0 saturated heterocycles. The first kappa shape index (κ1) is 16.4. The van der Waals surface area contributed by atoms with Gasteiger partial charge in [-0.05, 0) is 24.1 Å². The molecule has 0 radical (unpaired) electrons. The van der Waals surface area contributed by atoms with Gasteiger partial charge in [-0.15, -0.1) is 0 Å². The van der Waals surface area contributed by atoms with Crippen LogP contribution in [-0.2, 0) is 11.2 Å². The van der Waals surface area contributed by atoms with Crippen LogP contribution in [0.3, 0.4) is 0 Å². The number of carbonyl (C=O) groups is 2. The van der Waals surface area contributed by atoms with E-state index in [4.69, 9.17) is 5.11 Å². The van der Waals surface area contributed by atoms with E-state index in [1.54, 1.807) is 24.3 Å². The number of Topliss-reactive ketones (excluding diaryl/α,β-unsaturated/α-hetero) is 1. The molecule has 1 atom stereocenters. The van der Waals surface area contributed by atoms with Crippen LogP contribution in [0.25, 0.3) is 0 Å². The Morgan fingerprint density at radius 3 is 2.05 bits per heavy atom. The maximum atomic E-state index is 12.2. The van der Waals surface area contributed by atoms with Crippen molar-refractivity contribution < 1.29 is 14.7 Å². The number of hydrogen-bond acceptors (Lipinski definition) is 3. The average Bonchev–Trinajstić information content (AvgIpc) is 2.37. The van der Waals surface area contributed by atoms with Crippen molar-refractivity contribution in [2.24, 2.45) is 5.92 Å². The van der Waals surface area contributed by atoms with Gasteiger partial charge in [0.25, 0.3) is 0 Å². The molecule has 1 aromatic carbocycles. The van der Waals surface area contributed by atoms with Gasteiger partial charge in [-0.2, -0.15) is 0 Å². The lowest BCUT2D eigenvalue weighted by molar-refractivity contribution is -0.124. The van der Waals surface area contributed by atoms with E-state index in [9.17, 15) is 9.59 Å². The van der Waals surface area contributed by atoms with E-state index in [0.29, 0.717) is 6.42 Å². The molecule has 0 saturated carbocycles. The molecule has 1 aromatic rings. The maximum absolute atomic E-state index is 12.2. The van der Waals surface area contributed by atoms with Crippen molar-refractivity contribution in [3.8, 4) is 0 Å². The minimum absolute atomic E-state index is 0.0236. The summed E-state index contributed by atoms with van der Waals surface area (Å²) in [6.45, 7) is 7.80. The molecular weight excluding hydrogens is 254 g/mol. The van der Waals surface area contributed by atoms with Crippen LogP contribution in [0.15, 0.2) is 24.3 Å². The number of rotatable bonds is 7. The first-order valence-corrected chi connectivity index (χ1v) is 6.93. The van der Waals surface area contributed by atoms with E-state index >= 15 is 0 Å². The Morgan fingerprint density at radius 1 is 1.10 bits per heavy atom. The number of benzene rings is 1. The Bertz CT molecular complexity index is 463. The molecule has 0 bridgehead atoms. The summed E-state index contributed by atoms with van der Waals surface area (Å²) in [6.07, 6.45) is 0.578. The minimum atomic E-state index is -0.938. The molecule has 110 valence electrons. The summed E-state index contributed by atoms with van der Waals surface area (Å²) < 4.78 is 0. The molecule has 0 aliphatic heterocycles. The van der Waals surface area contributed by atoms with Gasteiger partial charge in [-0.1, -0.05) is 39.8 Å². The van der Waals surface area contributed by atoms with Crippen molar-refractivity contribution >= 4 is 11.8 Å². The number of carboxylic acids is 1. The molecule has 1 rings (SSSR count). The number of carbonyl (C=O) groups excluding carboxylic acids is 1. The van der Waals surface area contributed by atoms with Crippen LogP contribution in [0.5, 0.6) is 0 Å². The predicted molar refractivity (Wildman–Crippen MR) is 79.0 cm³/mol. The molecular formula is C16H23NO3. The number of aromatic carboxylic acids is 1. The van der Waals surface area contributed by atoms with Gasteiger partial charge in [0.1, 0.15) is 0 Å². The molecule has 0 unspecified atom stereocenters. The van der Waals surface area contributed by atoms with Crippen LogP contribution in [0.2, 0.25) is 0 Å². The Balaban J connectivity index is 2.83. The van der Waals surface area contributed by atoms with Gasteiger partial charge in [0.15, 0.2) is 5.78 Å². The van der Waals surface area contributed by atoms with Crippen molar-refractivity contribution in [1.82, 2.24) is 5.32 Å². The second-order valence-electron chi connectivity index (χ2n) is 5.64. The first-order valence-electron chi connectivity index (χ1n) is 6.93. The second-order valence-corrected chi connectivity index (χ2v) is 5.64. The molecule has 4 heteroatoms. The monoisotopic (exact) mass is 277 g/mol. The average molecular weight is 277 g/mol. The summed E-state index contributed by atoms with van der Waals surface area (Å²) in [5.74, 6) is -0.780. The maximum Gasteiger partial charge on any atom is 0.335 e. The van der Waals surface area contributed by atoms with Crippen molar-refractivity contribution in [3.05, 3.63) is 35.4 Å². The van der Waals surface area contributed by atoms with Gasteiger partial charge in [-0.3, -0.25) is 4.79 Å². The van der Waals surface area contributed by atoms with Crippen molar-refractivity contribution in [3.63, 3.8) is 0 Å². The Labute approximate surface area is 120 Å². The summed E-state index contributed by atoms with van der Waals surface area (Å²) >= 11 is 0. The van der Waals surface area contributed by atoms with E-state index in [1.165, 1.54) is 0 Å². The van der Waals surface area contributed by atoms with Gasteiger partial charge in [0.2, 0.25) is 0 Å². The third-order valence-corrected chi connectivity index (χ3v) is 3.09. The van der Waals surface area contributed by atoms with Gasteiger partial charge in [-0.25, -0.2) is 4.79 Å². The van der Waals surface area contributed by atoms with Crippen LogP contribution in [0.1, 0.15) is 43.6 Å². The van der Waals surface area contributed by atoms with Gasteiger partial charge < -0.3 is 10.4 Å². The van der Waals surface area contributed by atoms with E-state index in [-0.39, 0.29) is 29.3 Å². The van der Waals surface area contributed by atoms with Crippen LogP contribution in [0.4, 0.5) is 0 Å². The van der Waals surface area contributed by atoms with Crippen molar-refractivity contribution in [2.45, 2.75) is 46.2 Å². The summed E-state index contributed by atoms with van der Waals surface area (Å²) in [5, 5.41) is 12.2. The van der Waals surface area contributed by atoms with E-state index in [0.717, 1.165) is 5.56 Å². The van der Waals surface area contributed by atoms with Crippen LogP contribution >= 0.6 is 0 Å². The quantitative estimate of drug-likeness (QED) is 0.803. The lowest BCUT2D eigenvalue weighted by Gasteiger charge is -2.22. The number of hydrogen-bond donors (Lipinski definition) is 2. The number of ketones is 1. The Hall–Kier alpha value is -1.68. The molecule has 0 aliphatic carbocycles. The zero-order chi connectivity index (χ0) is 15.3. The molecule has 4 nitrogen and oxygen atoms in total. The SMILES string of the molecule is CC(C)N[C@@H](Cc1ccc(C(=O)O)cc1)C(=O)C(C)C. The third kappa shape index (κ3) is 4.78. The number of nitrogens with one attached hydrogen (secondary N) is 1. The largest absolute Gasteiger partial charge is 0.478 e. The third-order valence-electron chi connectivity index (χ3n) is 3.09. The fourth-order valence-electron chi connectivity index (χ4n) is 2.07. The van der Waals surface area contributed by atoms with E-state index < -0.39 is 5.97 Å². The molecule has 0 fully saturated rings. The zero-order valence-corrected chi connectivity index (χ0v) is 12.5. The lowest BCUT2D eigenvalue weighted by Crippen LogP contribution is -2.44. The van der Waals surface area contributed by atoms with Crippen LogP contribution in [0, 0.1) is 5.92 Å². The molecule has 0 spiro atoms. The molecule has 0 amide bonds. The highest BCUT2D eigenvalue weighted by Crippen LogP contribution is 2.11. The molecule has 0 aromatic heterocycles. The molecule has 2 N–H and O–H groups in total. The molecule has 0 aliphatic rings. The zero-order valence-electron chi connectivity index (χ0n) is 12.5. The summed E-state index contributed by atoms with van der Waals surface area (Å²) in [7, 11) is 0. The lowest BCUT2D eigenvalue weighted by atomic mass is 9.95. The van der Waals surface area contributed by atoms with Crippen molar-refractivity contribution in [2.75, 3.05) is 0 Å². The van der Waals surface area contributed by atoms with Gasteiger partial charge in [0.05, 0.1) is 11.6 Å². The smallest absolute Gasteiger partial charge is 0.335 e. The van der Waals surface area contributed by atoms with Gasteiger partial charge >= 0.3 is 5.97 Å². The van der Waals surface area contributed by atoms with E-state index in [2.05, 4.69) is 5.32 Å². The Morgan fingerprint density at radius 2 is 1.65 bits per heavy atom. The van der Waals surface area contributed by atoms with E-state index in [1.807, 2.05) is 27.7 Å². The fourth-order valence-corrected chi connectivity index (χ4v) is 2.07. The second kappa shape index (κ2) is 7.20. The minimum Gasteiger partial charge on any atom is -0.478 e. The van der Waals surface area contributed by atoms with Crippen LogP contribution < -0.4 is 5.32 Å². The summed E-state index contributed by atoms with van der Waals surface area (Å²) in [6, 6.07) is 6.68. The van der Waals surface area contributed by atoms with Gasteiger partial charge in [0, 0.05) is 12.0 Å². The molecule has 0 heterocycles. The van der Waals surface area contributed by atoms with Crippen molar-refractivity contribution in [1.29, 1.82) is 0 Å². The fraction of sp³-hybridized carbons (Fsp3) is 0.500. The summed E-state index contributed by atoms with van der Waals surface area (Å²) in [4.78, 5) is 23.0. The topological polar surface area (TPSA) is 66.4 Å². The standard InChI is InChI=1S/C16H23NO3/c1-10(2)15(18)14(17-11(3)4)9-12-5-7-13(8-6-12)16(19)20/h5-8,10-11,14,17H,9H2,1-4H3,(H,19,20)/t14-/m0/s1.